The van der Waals surface area contributed by atoms with E-state index in [9.17, 15) is 0 Å². The van der Waals surface area contributed by atoms with Gasteiger partial charge in [-0.25, -0.2) is 0 Å². The first-order valence-electron chi connectivity index (χ1n) is 6.27. The average molecular weight is 290 g/mol. The molecular weight excluding hydrogens is 272 g/mol. The maximum absolute atomic E-state index is 8.96. The maximum atomic E-state index is 8.96. The number of rotatable bonds is 5. The molecule has 0 fully saturated rings. The fourth-order valence-corrected chi connectivity index (χ4v) is 3.18. The maximum Gasteiger partial charge on any atom is 0.147 e. The first-order chi connectivity index (χ1) is 9.61. The zero-order chi connectivity index (χ0) is 14.5. The third-order valence-corrected chi connectivity index (χ3v) is 4.21. The van der Waals surface area contributed by atoms with E-state index in [1.165, 1.54) is 0 Å². The lowest BCUT2D eigenvalue weighted by atomic mass is 10.0. The summed E-state index contributed by atoms with van der Waals surface area (Å²) in [5.41, 5.74) is 7.84. The van der Waals surface area contributed by atoms with Gasteiger partial charge in [0.05, 0.1) is 16.6 Å². The zero-order valence-corrected chi connectivity index (χ0v) is 12.3. The normalized spacial score (nSPS) is 13.4. The number of oxime groups is 1. The van der Waals surface area contributed by atoms with Gasteiger partial charge in [0.1, 0.15) is 5.84 Å². The highest BCUT2D eigenvalue weighted by Crippen LogP contribution is 2.26. The summed E-state index contributed by atoms with van der Waals surface area (Å²) in [4.78, 5) is 0. The highest BCUT2D eigenvalue weighted by molar-refractivity contribution is 7.99. The number of hydrogen-bond donors (Lipinski definition) is 2. The van der Waals surface area contributed by atoms with E-state index < -0.39 is 0 Å². The van der Waals surface area contributed by atoms with Crippen molar-refractivity contribution in [3.05, 3.63) is 47.7 Å². The number of nitrogens with zero attached hydrogens (tertiary/aromatic N) is 3. The van der Waals surface area contributed by atoms with E-state index in [4.69, 9.17) is 10.9 Å². The lowest BCUT2D eigenvalue weighted by Gasteiger charge is -2.15. The monoisotopic (exact) mass is 290 g/mol. The summed E-state index contributed by atoms with van der Waals surface area (Å²) in [5.74, 6) is 0.794. The van der Waals surface area contributed by atoms with Gasteiger partial charge in [-0.2, -0.15) is 5.10 Å². The Morgan fingerprint density at radius 1 is 1.45 bits per heavy atom. The van der Waals surface area contributed by atoms with Crippen LogP contribution in [0, 0.1) is 6.92 Å². The van der Waals surface area contributed by atoms with Gasteiger partial charge >= 0.3 is 0 Å². The standard InChI is InChI=1S/C14H18N4OS/c1-10-8-13(18(2)16-10)20-9-12(14(15)17-19)11-6-4-3-5-7-11/h3-8,12,19H,9H2,1-2H3,(H2,15,17). The SMILES string of the molecule is Cc1cc(SCC(C(N)=NO)c2ccccc2)n(C)n1. The molecule has 0 bridgehead atoms. The molecule has 1 atom stereocenters. The minimum absolute atomic E-state index is 0.124. The Morgan fingerprint density at radius 3 is 2.70 bits per heavy atom. The molecule has 5 nitrogen and oxygen atoms in total. The van der Waals surface area contributed by atoms with Gasteiger partial charge in [-0.1, -0.05) is 35.5 Å². The van der Waals surface area contributed by atoms with E-state index in [1.807, 2.05) is 55.1 Å². The lowest BCUT2D eigenvalue weighted by molar-refractivity contribution is 0.316. The quantitative estimate of drug-likeness (QED) is 0.291. The smallest absolute Gasteiger partial charge is 0.147 e. The van der Waals surface area contributed by atoms with Crippen LogP contribution in [0.15, 0.2) is 46.6 Å². The Balaban J connectivity index is 2.15. The van der Waals surface area contributed by atoms with Crippen molar-refractivity contribution in [1.82, 2.24) is 9.78 Å². The predicted molar refractivity (Wildman–Crippen MR) is 81.3 cm³/mol. The second-order valence-electron chi connectivity index (χ2n) is 4.55. The van der Waals surface area contributed by atoms with Crippen LogP contribution in [0.2, 0.25) is 0 Å². The minimum Gasteiger partial charge on any atom is -0.409 e. The van der Waals surface area contributed by atoms with Gasteiger partial charge < -0.3 is 10.9 Å². The Kier molecular flexibility index (Phi) is 4.68. The van der Waals surface area contributed by atoms with Gasteiger partial charge in [0, 0.05) is 12.8 Å². The summed E-state index contributed by atoms with van der Waals surface area (Å²) < 4.78 is 1.84. The van der Waals surface area contributed by atoms with E-state index in [-0.39, 0.29) is 11.8 Å². The molecule has 0 amide bonds. The highest BCUT2D eigenvalue weighted by Gasteiger charge is 2.18. The topological polar surface area (TPSA) is 76.4 Å². The number of aryl methyl sites for hydroxylation is 2. The molecule has 106 valence electrons. The van der Waals surface area contributed by atoms with Gasteiger partial charge in [0.25, 0.3) is 0 Å². The second kappa shape index (κ2) is 6.47. The molecule has 3 N–H and O–H groups in total. The number of thioether (sulfide) groups is 1. The van der Waals surface area contributed by atoms with Crippen LogP contribution in [-0.4, -0.2) is 26.6 Å². The highest BCUT2D eigenvalue weighted by atomic mass is 32.2. The van der Waals surface area contributed by atoms with E-state index >= 15 is 0 Å². The van der Waals surface area contributed by atoms with Crippen molar-refractivity contribution in [2.75, 3.05) is 5.75 Å². The van der Waals surface area contributed by atoms with Crippen molar-refractivity contribution >= 4 is 17.6 Å². The van der Waals surface area contributed by atoms with Gasteiger partial charge in [0.2, 0.25) is 0 Å². The summed E-state index contributed by atoms with van der Waals surface area (Å²) in [7, 11) is 1.91. The molecule has 0 aliphatic rings. The number of aromatic nitrogens is 2. The molecule has 0 saturated carbocycles. The van der Waals surface area contributed by atoms with E-state index in [0.717, 1.165) is 16.3 Å². The summed E-state index contributed by atoms with van der Waals surface area (Å²) in [6.07, 6.45) is 0. The van der Waals surface area contributed by atoms with Gasteiger partial charge in [-0.05, 0) is 18.6 Å². The van der Waals surface area contributed by atoms with Gasteiger partial charge in [-0.3, -0.25) is 4.68 Å². The van der Waals surface area contributed by atoms with Crippen molar-refractivity contribution in [2.24, 2.45) is 17.9 Å². The fraction of sp³-hybridized carbons (Fsp3) is 0.286. The van der Waals surface area contributed by atoms with Crippen LogP contribution < -0.4 is 5.73 Å². The molecule has 0 saturated heterocycles. The van der Waals surface area contributed by atoms with Crippen molar-refractivity contribution in [1.29, 1.82) is 0 Å². The van der Waals surface area contributed by atoms with Crippen LogP contribution >= 0.6 is 11.8 Å². The van der Waals surface area contributed by atoms with Crippen molar-refractivity contribution in [2.45, 2.75) is 17.9 Å². The average Bonchev–Trinajstić information content (AvgIpc) is 2.78. The molecular formula is C14H18N4OS. The second-order valence-corrected chi connectivity index (χ2v) is 5.59. The van der Waals surface area contributed by atoms with E-state index in [2.05, 4.69) is 10.3 Å². The van der Waals surface area contributed by atoms with Crippen molar-refractivity contribution in [3.63, 3.8) is 0 Å². The molecule has 20 heavy (non-hydrogen) atoms. The van der Waals surface area contributed by atoms with Crippen LogP contribution in [-0.2, 0) is 7.05 Å². The first kappa shape index (κ1) is 14.5. The molecule has 1 heterocycles. The van der Waals surface area contributed by atoms with Gasteiger partial charge in [0.15, 0.2) is 0 Å². The predicted octanol–water partition coefficient (Wildman–Crippen LogP) is 2.35. The first-order valence-corrected chi connectivity index (χ1v) is 7.26. The van der Waals surface area contributed by atoms with Gasteiger partial charge in [-0.15, -0.1) is 11.8 Å². The lowest BCUT2D eigenvalue weighted by Crippen LogP contribution is -2.24. The fourth-order valence-electron chi connectivity index (χ4n) is 2.00. The largest absolute Gasteiger partial charge is 0.409 e. The molecule has 6 heteroatoms. The molecule has 2 rings (SSSR count). The zero-order valence-electron chi connectivity index (χ0n) is 11.5. The third-order valence-electron chi connectivity index (χ3n) is 3.03. The molecule has 0 aliphatic heterocycles. The summed E-state index contributed by atoms with van der Waals surface area (Å²) in [6.45, 7) is 1.96. The van der Waals surface area contributed by atoms with Crippen LogP contribution in [0.3, 0.4) is 0 Å². The Morgan fingerprint density at radius 2 is 2.15 bits per heavy atom. The Hall–Kier alpha value is -1.95. The summed E-state index contributed by atoms with van der Waals surface area (Å²) >= 11 is 1.64. The molecule has 0 spiro atoms. The Labute approximate surface area is 122 Å². The molecule has 1 aromatic carbocycles. The van der Waals surface area contributed by atoms with E-state index in [1.54, 1.807) is 11.8 Å². The van der Waals surface area contributed by atoms with Crippen molar-refractivity contribution < 1.29 is 5.21 Å². The molecule has 0 aliphatic carbocycles. The Bertz CT molecular complexity index is 594. The summed E-state index contributed by atoms with van der Waals surface area (Å²) in [5, 5.41) is 17.5. The van der Waals surface area contributed by atoms with Crippen LogP contribution in [0.1, 0.15) is 17.2 Å². The van der Waals surface area contributed by atoms with E-state index in [0.29, 0.717) is 5.75 Å². The van der Waals surface area contributed by atoms with Crippen LogP contribution in [0.25, 0.3) is 0 Å². The number of benzene rings is 1. The number of hydrogen-bond acceptors (Lipinski definition) is 4. The molecule has 0 radical (unpaired) electrons. The molecule has 2 aromatic rings. The third kappa shape index (κ3) is 3.33. The molecule has 1 aromatic heterocycles. The van der Waals surface area contributed by atoms with Crippen molar-refractivity contribution in [3.8, 4) is 0 Å². The summed E-state index contributed by atoms with van der Waals surface area (Å²) in [6, 6.07) is 11.8. The number of nitrogens with two attached hydrogens (primary N) is 1. The van der Waals surface area contributed by atoms with Crippen LogP contribution in [0.5, 0.6) is 0 Å². The number of amidine groups is 1. The minimum atomic E-state index is -0.124. The molecule has 1 unspecified atom stereocenters. The van der Waals surface area contributed by atoms with Crippen LogP contribution in [0.4, 0.5) is 0 Å².